The zero-order chi connectivity index (χ0) is 14.5. The van der Waals surface area contributed by atoms with Gasteiger partial charge in [0, 0.05) is 19.0 Å². The third kappa shape index (κ3) is 3.19. The average molecular weight is 294 g/mol. The monoisotopic (exact) mass is 294 g/mol. The van der Waals surface area contributed by atoms with E-state index in [-0.39, 0.29) is 6.04 Å². The number of fused-ring (bicyclic) bond motifs is 1. The van der Waals surface area contributed by atoms with E-state index in [0.29, 0.717) is 12.6 Å². The summed E-state index contributed by atoms with van der Waals surface area (Å²) in [6.45, 7) is 4.96. The molecule has 0 bridgehead atoms. The number of nitrogens with one attached hydrogen (secondary N) is 2. The molecule has 5 nitrogen and oxygen atoms in total. The van der Waals surface area contributed by atoms with Crippen LogP contribution in [0.15, 0.2) is 6.07 Å². The summed E-state index contributed by atoms with van der Waals surface area (Å²) in [7, 11) is 3.56. The molecule has 2 rings (SSSR count). The minimum absolute atomic E-state index is 0.257. The summed E-state index contributed by atoms with van der Waals surface area (Å²) in [5, 5.41) is 7.60. The van der Waals surface area contributed by atoms with Gasteiger partial charge < -0.3 is 15.4 Å². The predicted molar refractivity (Wildman–Crippen MR) is 85.9 cm³/mol. The molecule has 0 aliphatic rings. The summed E-state index contributed by atoms with van der Waals surface area (Å²) < 4.78 is 5.24. The van der Waals surface area contributed by atoms with Crippen molar-refractivity contribution in [1.82, 2.24) is 9.97 Å². The number of aryl methyl sites for hydroxylation is 1. The summed E-state index contributed by atoms with van der Waals surface area (Å²) in [5.74, 6) is 1.54. The molecule has 110 valence electrons. The maximum atomic E-state index is 5.24. The number of ether oxygens (including phenoxy) is 1. The molecule has 2 aromatic rings. The number of hydrogen-bond donors (Lipinski definition) is 2. The van der Waals surface area contributed by atoms with E-state index in [1.165, 1.54) is 4.88 Å². The standard InChI is InChI=1S/C14H22N4OS/c1-5-9(8-19-4)16-12-11-7-10(6-2)20-13(11)18-14(15-3)17-12/h7,9H,5-6,8H2,1-4H3,(H2,15,16,17,18). The molecule has 1 atom stereocenters. The zero-order valence-corrected chi connectivity index (χ0v) is 13.3. The smallest absolute Gasteiger partial charge is 0.225 e. The van der Waals surface area contributed by atoms with Gasteiger partial charge in [-0.2, -0.15) is 4.98 Å². The van der Waals surface area contributed by atoms with Crippen LogP contribution in [0.4, 0.5) is 11.8 Å². The number of aromatic nitrogens is 2. The van der Waals surface area contributed by atoms with Crippen LogP contribution in [-0.2, 0) is 11.2 Å². The second kappa shape index (κ2) is 6.85. The number of rotatable bonds is 7. The maximum Gasteiger partial charge on any atom is 0.225 e. The van der Waals surface area contributed by atoms with Crippen molar-refractivity contribution in [3.05, 3.63) is 10.9 Å². The molecule has 0 saturated heterocycles. The van der Waals surface area contributed by atoms with Gasteiger partial charge in [-0.05, 0) is 18.9 Å². The minimum atomic E-state index is 0.257. The predicted octanol–water partition coefficient (Wildman–Crippen LogP) is 3.13. The Morgan fingerprint density at radius 3 is 2.75 bits per heavy atom. The fraction of sp³-hybridized carbons (Fsp3) is 0.571. The van der Waals surface area contributed by atoms with Gasteiger partial charge in [0.05, 0.1) is 18.0 Å². The van der Waals surface area contributed by atoms with E-state index in [9.17, 15) is 0 Å². The summed E-state index contributed by atoms with van der Waals surface area (Å²) in [4.78, 5) is 11.4. The van der Waals surface area contributed by atoms with Gasteiger partial charge in [-0.1, -0.05) is 13.8 Å². The van der Waals surface area contributed by atoms with Gasteiger partial charge in [0.25, 0.3) is 0 Å². The minimum Gasteiger partial charge on any atom is -0.383 e. The molecule has 20 heavy (non-hydrogen) atoms. The van der Waals surface area contributed by atoms with E-state index in [1.807, 2.05) is 7.05 Å². The highest BCUT2D eigenvalue weighted by Crippen LogP contribution is 2.30. The Bertz CT molecular complexity index is 570. The number of anilines is 2. The second-order valence-electron chi connectivity index (χ2n) is 4.64. The zero-order valence-electron chi connectivity index (χ0n) is 12.5. The van der Waals surface area contributed by atoms with Crippen molar-refractivity contribution < 1.29 is 4.74 Å². The summed E-state index contributed by atoms with van der Waals surface area (Å²) in [5.41, 5.74) is 0. The molecular weight excluding hydrogens is 272 g/mol. The van der Waals surface area contributed by atoms with Crippen LogP contribution in [0.1, 0.15) is 25.1 Å². The summed E-state index contributed by atoms with van der Waals surface area (Å²) in [6.07, 6.45) is 2.00. The molecule has 2 heterocycles. The molecular formula is C14H22N4OS. The first-order valence-electron chi connectivity index (χ1n) is 6.95. The molecule has 2 N–H and O–H groups in total. The summed E-state index contributed by atoms with van der Waals surface area (Å²) in [6, 6.07) is 2.44. The molecule has 0 aliphatic heterocycles. The molecule has 0 aromatic carbocycles. The first-order chi connectivity index (χ1) is 9.71. The lowest BCUT2D eigenvalue weighted by Crippen LogP contribution is -2.24. The SMILES string of the molecule is CCc1cc2c(NC(CC)COC)nc(NC)nc2s1. The van der Waals surface area contributed by atoms with Crippen LogP contribution in [0, 0.1) is 0 Å². The highest BCUT2D eigenvalue weighted by Gasteiger charge is 2.14. The van der Waals surface area contributed by atoms with E-state index in [2.05, 4.69) is 40.5 Å². The lowest BCUT2D eigenvalue weighted by atomic mass is 10.2. The highest BCUT2D eigenvalue weighted by molar-refractivity contribution is 7.18. The Morgan fingerprint density at radius 1 is 1.35 bits per heavy atom. The lowest BCUT2D eigenvalue weighted by molar-refractivity contribution is 0.184. The molecule has 0 saturated carbocycles. The maximum absolute atomic E-state index is 5.24. The number of thiophene rings is 1. The van der Waals surface area contributed by atoms with Crippen LogP contribution in [0.3, 0.4) is 0 Å². The Hall–Kier alpha value is -1.40. The first-order valence-corrected chi connectivity index (χ1v) is 7.77. The molecule has 0 spiro atoms. The molecule has 2 aromatic heterocycles. The van der Waals surface area contributed by atoms with Crippen molar-refractivity contribution in [3.63, 3.8) is 0 Å². The molecule has 1 unspecified atom stereocenters. The van der Waals surface area contributed by atoms with E-state index in [4.69, 9.17) is 4.74 Å². The van der Waals surface area contributed by atoms with Crippen molar-refractivity contribution in [1.29, 1.82) is 0 Å². The van der Waals surface area contributed by atoms with E-state index >= 15 is 0 Å². The number of hydrogen-bond acceptors (Lipinski definition) is 6. The largest absolute Gasteiger partial charge is 0.383 e. The third-order valence-corrected chi connectivity index (χ3v) is 4.39. The van der Waals surface area contributed by atoms with Crippen molar-refractivity contribution in [2.24, 2.45) is 0 Å². The Morgan fingerprint density at radius 2 is 2.15 bits per heavy atom. The first kappa shape index (κ1) is 15.0. The Kier molecular flexibility index (Phi) is 5.14. The van der Waals surface area contributed by atoms with Crippen LogP contribution >= 0.6 is 11.3 Å². The van der Waals surface area contributed by atoms with Gasteiger partial charge in [-0.3, -0.25) is 0 Å². The molecule has 0 radical (unpaired) electrons. The van der Waals surface area contributed by atoms with Crippen molar-refractivity contribution in [2.45, 2.75) is 32.7 Å². The highest BCUT2D eigenvalue weighted by atomic mass is 32.1. The fourth-order valence-electron chi connectivity index (χ4n) is 2.02. The third-order valence-electron chi connectivity index (χ3n) is 3.22. The van der Waals surface area contributed by atoms with Crippen LogP contribution in [0.2, 0.25) is 0 Å². The lowest BCUT2D eigenvalue weighted by Gasteiger charge is -2.17. The second-order valence-corrected chi connectivity index (χ2v) is 5.75. The van der Waals surface area contributed by atoms with Crippen LogP contribution in [0.5, 0.6) is 0 Å². The quantitative estimate of drug-likeness (QED) is 0.821. The van der Waals surface area contributed by atoms with Crippen molar-refractivity contribution in [3.8, 4) is 0 Å². The van der Waals surface area contributed by atoms with Gasteiger partial charge in [0.2, 0.25) is 5.95 Å². The number of nitrogens with zero attached hydrogens (tertiary/aromatic N) is 2. The fourth-order valence-corrected chi connectivity index (χ4v) is 2.99. The van der Waals surface area contributed by atoms with E-state index in [0.717, 1.165) is 28.9 Å². The van der Waals surface area contributed by atoms with Gasteiger partial charge in [0.1, 0.15) is 10.6 Å². The molecule has 0 amide bonds. The average Bonchev–Trinajstić information content (AvgIpc) is 2.89. The van der Waals surface area contributed by atoms with Crippen molar-refractivity contribution >= 4 is 33.3 Å². The van der Waals surface area contributed by atoms with Gasteiger partial charge in [-0.15, -0.1) is 11.3 Å². The van der Waals surface area contributed by atoms with Crippen LogP contribution in [-0.4, -0.2) is 36.8 Å². The van der Waals surface area contributed by atoms with Crippen LogP contribution < -0.4 is 10.6 Å². The molecule has 0 aliphatic carbocycles. The van der Waals surface area contributed by atoms with Gasteiger partial charge in [-0.25, -0.2) is 4.98 Å². The normalized spacial score (nSPS) is 12.6. The van der Waals surface area contributed by atoms with Gasteiger partial charge in [0.15, 0.2) is 0 Å². The Balaban J connectivity index is 2.40. The topological polar surface area (TPSA) is 59.1 Å². The van der Waals surface area contributed by atoms with E-state index in [1.54, 1.807) is 18.4 Å². The van der Waals surface area contributed by atoms with Crippen LogP contribution in [0.25, 0.3) is 10.2 Å². The Labute approximate surface area is 123 Å². The molecule has 0 fully saturated rings. The number of methoxy groups -OCH3 is 1. The van der Waals surface area contributed by atoms with Crippen molar-refractivity contribution in [2.75, 3.05) is 31.4 Å². The van der Waals surface area contributed by atoms with E-state index < -0.39 is 0 Å². The summed E-state index contributed by atoms with van der Waals surface area (Å²) >= 11 is 1.73. The van der Waals surface area contributed by atoms with Gasteiger partial charge >= 0.3 is 0 Å². The molecule has 6 heteroatoms.